The second-order valence-corrected chi connectivity index (χ2v) is 7.88. The van der Waals surface area contributed by atoms with Crippen molar-refractivity contribution in [3.05, 3.63) is 18.2 Å². The quantitative estimate of drug-likeness (QED) is 0.0751. The fourth-order valence-corrected chi connectivity index (χ4v) is 3.01. The van der Waals surface area contributed by atoms with Crippen LogP contribution in [0.25, 0.3) is 0 Å². The fraction of sp³-hybridized carbons (Fsp3) is 0.600. The van der Waals surface area contributed by atoms with Gasteiger partial charge in [0.05, 0.1) is 12.4 Å². The zero-order valence-electron chi connectivity index (χ0n) is 19.4. The molecule has 14 nitrogen and oxygen atoms in total. The number of carbonyl (C=O) groups excluding carboxylic acids is 3. The van der Waals surface area contributed by atoms with Crippen molar-refractivity contribution in [3.8, 4) is 0 Å². The molecule has 0 aromatic carbocycles. The predicted molar refractivity (Wildman–Crippen MR) is 124 cm³/mol. The van der Waals surface area contributed by atoms with Crippen molar-refractivity contribution in [2.24, 2.45) is 28.1 Å². The SMILES string of the molecule is CCC(C)C(NC(=O)C(CCCN=C(N)N)NC(=O)C(N)Cc1cnc[nH]1)C(=O)NCC(=O)O. The first-order valence-electron chi connectivity index (χ1n) is 10.9. The van der Waals surface area contributed by atoms with Gasteiger partial charge >= 0.3 is 5.97 Å². The van der Waals surface area contributed by atoms with Gasteiger partial charge in [-0.1, -0.05) is 20.3 Å². The first-order chi connectivity index (χ1) is 16.0. The number of nitrogens with two attached hydrogens (primary N) is 3. The van der Waals surface area contributed by atoms with Crippen molar-refractivity contribution in [2.45, 2.75) is 57.7 Å². The van der Waals surface area contributed by atoms with Gasteiger partial charge in [0.15, 0.2) is 5.96 Å². The van der Waals surface area contributed by atoms with Gasteiger partial charge in [-0.3, -0.25) is 24.2 Å². The first kappa shape index (κ1) is 28.4. The molecule has 0 spiro atoms. The minimum atomic E-state index is -1.21. The number of carboxylic acid groups (broad SMARTS) is 1. The van der Waals surface area contributed by atoms with E-state index in [4.69, 9.17) is 22.3 Å². The predicted octanol–water partition coefficient (Wildman–Crippen LogP) is -2.45. The number of hydrogen-bond donors (Lipinski definition) is 8. The van der Waals surface area contributed by atoms with Crippen LogP contribution < -0.4 is 33.2 Å². The number of rotatable bonds is 15. The van der Waals surface area contributed by atoms with E-state index in [9.17, 15) is 19.2 Å². The molecule has 14 heteroatoms. The number of aromatic amines is 1. The molecule has 3 amide bonds. The fourth-order valence-electron chi connectivity index (χ4n) is 3.01. The van der Waals surface area contributed by atoms with Crippen molar-refractivity contribution >= 4 is 29.7 Å². The average molecular weight is 482 g/mol. The average Bonchev–Trinajstić information content (AvgIpc) is 3.29. The lowest BCUT2D eigenvalue weighted by molar-refractivity contribution is -0.139. The highest BCUT2D eigenvalue weighted by molar-refractivity contribution is 5.93. The molecular formula is C20H35N9O5. The number of aliphatic imine (C=N–C) groups is 1. The lowest BCUT2D eigenvalue weighted by atomic mass is 9.97. The number of H-pyrrole nitrogens is 1. The topological polar surface area (TPSA) is 244 Å². The molecule has 0 saturated heterocycles. The number of guanidine groups is 1. The zero-order valence-corrected chi connectivity index (χ0v) is 19.4. The van der Waals surface area contributed by atoms with Crippen molar-refractivity contribution < 1.29 is 24.3 Å². The molecule has 0 radical (unpaired) electrons. The molecule has 1 rings (SSSR count). The van der Waals surface area contributed by atoms with Crippen LogP contribution in [0.15, 0.2) is 17.5 Å². The summed E-state index contributed by atoms with van der Waals surface area (Å²) in [7, 11) is 0. The molecule has 4 unspecified atom stereocenters. The second-order valence-electron chi connectivity index (χ2n) is 7.88. The monoisotopic (exact) mass is 481 g/mol. The summed E-state index contributed by atoms with van der Waals surface area (Å²) in [5.41, 5.74) is 17.3. The Morgan fingerprint density at radius 2 is 1.88 bits per heavy atom. The van der Waals surface area contributed by atoms with E-state index in [0.29, 0.717) is 18.5 Å². The van der Waals surface area contributed by atoms with Gasteiger partial charge in [0.1, 0.15) is 18.6 Å². The number of hydrogen-bond acceptors (Lipinski definition) is 7. The highest BCUT2D eigenvalue weighted by atomic mass is 16.4. The van der Waals surface area contributed by atoms with Gasteiger partial charge < -0.3 is 43.2 Å². The maximum atomic E-state index is 13.1. The molecule has 0 aliphatic rings. The smallest absolute Gasteiger partial charge is 0.322 e. The van der Waals surface area contributed by atoms with Crippen LogP contribution in [0.5, 0.6) is 0 Å². The summed E-state index contributed by atoms with van der Waals surface area (Å²) in [6.07, 6.45) is 4.27. The van der Waals surface area contributed by atoms with Crippen LogP contribution in [0.1, 0.15) is 38.8 Å². The Balaban J connectivity index is 2.92. The molecule has 190 valence electrons. The minimum absolute atomic E-state index is 0.0986. The lowest BCUT2D eigenvalue weighted by Gasteiger charge is -2.27. The van der Waals surface area contributed by atoms with E-state index in [1.54, 1.807) is 13.1 Å². The van der Waals surface area contributed by atoms with Gasteiger partial charge in [0.2, 0.25) is 17.7 Å². The van der Waals surface area contributed by atoms with Gasteiger partial charge in [0, 0.05) is 24.9 Å². The van der Waals surface area contributed by atoms with Gasteiger partial charge in [-0.15, -0.1) is 0 Å². The van der Waals surface area contributed by atoms with E-state index < -0.39 is 48.4 Å². The third kappa shape index (κ3) is 10.3. The number of nitrogens with zero attached hydrogens (tertiary/aromatic N) is 2. The third-order valence-electron chi connectivity index (χ3n) is 5.12. The van der Waals surface area contributed by atoms with Crippen LogP contribution in [0, 0.1) is 5.92 Å². The van der Waals surface area contributed by atoms with Crippen molar-refractivity contribution in [2.75, 3.05) is 13.1 Å². The molecule has 1 aromatic rings. The molecule has 0 fully saturated rings. The Morgan fingerprint density at radius 1 is 1.18 bits per heavy atom. The van der Waals surface area contributed by atoms with E-state index in [1.165, 1.54) is 6.33 Å². The summed E-state index contributed by atoms with van der Waals surface area (Å²) in [5, 5.41) is 16.3. The summed E-state index contributed by atoms with van der Waals surface area (Å²) in [5.74, 6) is -3.41. The van der Waals surface area contributed by atoms with E-state index >= 15 is 0 Å². The van der Waals surface area contributed by atoms with Crippen molar-refractivity contribution in [3.63, 3.8) is 0 Å². The minimum Gasteiger partial charge on any atom is -0.480 e. The highest BCUT2D eigenvalue weighted by Gasteiger charge is 2.30. The first-order valence-corrected chi connectivity index (χ1v) is 10.9. The van der Waals surface area contributed by atoms with Gasteiger partial charge in [-0.05, 0) is 18.8 Å². The molecule has 11 N–H and O–H groups in total. The maximum absolute atomic E-state index is 13.1. The molecule has 34 heavy (non-hydrogen) atoms. The number of amides is 3. The van der Waals surface area contributed by atoms with Crippen molar-refractivity contribution in [1.82, 2.24) is 25.9 Å². The largest absolute Gasteiger partial charge is 0.480 e. The van der Waals surface area contributed by atoms with Crippen LogP contribution in [0.3, 0.4) is 0 Å². The van der Waals surface area contributed by atoms with E-state index in [1.807, 2.05) is 6.92 Å². The van der Waals surface area contributed by atoms with Gasteiger partial charge in [-0.25, -0.2) is 4.98 Å². The molecular weight excluding hydrogens is 446 g/mol. The molecule has 1 heterocycles. The normalized spacial score (nSPS) is 14.2. The summed E-state index contributed by atoms with van der Waals surface area (Å²) in [6, 6.07) is -2.96. The Labute approximate surface area is 197 Å². The van der Waals surface area contributed by atoms with E-state index in [0.717, 1.165) is 0 Å². The van der Waals surface area contributed by atoms with Gasteiger partial charge in [-0.2, -0.15) is 0 Å². The molecule has 4 atom stereocenters. The van der Waals surface area contributed by atoms with Crippen LogP contribution in [0.2, 0.25) is 0 Å². The van der Waals surface area contributed by atoms with Crippen LogP contribution >= 0.6 is 0 Å². The number of aliphatic carboxylic acids is 1. The Bertz CT molecular complexity index is 839. The number of carbonyl (C=O) groups is 4. The van der Waals surface area contributed by atoms with Crippen LogP contribution in [0.4, 0.5) is 0 Å². The number of imidazole rings is 1. The Morgan fingerprint density at radius 3 is 2.44 bits per heavy atom. The maximum Gasteiger partial charge on any atom is 0.322 e. The van der Waals surface area contributed by atoms with Crippen LogP contribution in [-0.4, -0.2) is 75.9 Å². The lowest BCUT2D eigenvalue weighted by Crippen LogP contribution is -2.57. The summed E-state index contributed by atoms with van der Waals surface area (Å²) in [6.45, 7) is 3.23. The third-order valence-corrected chi connectivity index (χ3v) is 5.12. The number of nitrogens with one attached hydrogen (secondary N) is 4. The summed E-state index contributed by atoms with van der Waals surface area (Å²) < 4.78 is 0. The van der Waals surface area contributed by atoms with E-state index in [-0.39, 0.29) is 31.3 Å². The standard InChI is InChI=1S/C20H35N9O5/c1-3-11(2)16(19(34)26-9-15(30)31)29-18(33)14(5-4-6-25-20(22)23)28-17(32)13(21)7-12-8-24-10-27-12/h8,10-11,13-14,16H,3-7,9,21H2,1-2H3,(H,24,27)(H,26,34)(H,28,32)(H,29,33)(H,30,31)(H4,22,23,25). The Kier molecular flexibility index (Phi) is 12.1. The molecule has 1 aromatic heterocycles. The van der Waals surface area contributed by atoms with Crippen molar-refractivity contribution in [1.29, 1.82) is 0 Å². The summed E-state index contributed by atoms with van der Waals surface area (Å²) >= 11 is 0. The number of carboxylic acids is 1. The molecule has 0 aliphatic heterocycles. The Hall–Kier alpha value is -3.68. The van der Waals surface area contributed by atoms with Gasteiger partial charge in [0.25, 0.3) is 0 Å². The van der Waals surface area contributed by atoms with E-state index in [2.05, 4.69) is 30.9 Å². The molecule has 0 saturated carbocycles. The highest BCUT2D eigenvalue weighted by Crippen LogP contribution is 2.10. The summed E-state index contributed by atoms with van der Waals surface area (Å²) in [4.78, 5) is 59.6. The number of aromatic nitrogens is 2. The van der Waals surface area contributed by atoms with Crippen LogP contribution in [-0.2, 0) is 25.6 Å². The zero-order chi connectivity index (χ0) is 25.7. The molecule has 0 bridgehead atoms. The second kappa shape index (κ2) is 14.5. The molecule has 0 aliphatic carbocycles.